The van der Waals surface area contributed by atoms with E-state index in [2.05, 4.69) is 18.3 Å². The van der Waals surface area contributed by atoms with Crippen molar-refractivity contribution in [2.45, 2.75) is 26.3 Å². The molecule has 1 rings (SSSR count). The van der Waals surface area contributed by atoms with Crippen molar-refractivity contribution in [3.05, 3.63) is 17.0 Å². The van der Waals surface area contributed by atoms with Gasteiger partial charge in [-0.05, 0) is 25.1 Å². The highest BCUT2D eigenvalue weighted by Gasteiger charge is 1.98. The van der Waals surface area contributed by atoms with Gasteiger partial charge in [-0.2, -0.15) is 0 Å². The topological polar surface area (TPSA) is 21.3 Å². The molecule has 0 saturated carbocycles. The first kappa shape index (κ1) is 10.5. The summed E-state index contributed by atoms with van der Waals surface area (Å²) in [7, 11) is 1.71. The molecular formula is C10H17NOS. The molecule has 0 aromatic carbocycles. The summed E-state index contributed by atoms with van der Waals surface area (Å²) < 4.78 is 5.11. The predicted molar refractivity (Wildman–Crippen MR) is 57.5 cm³/mol. The maximum atomic E-state index is 5.11. The Balaban J connectivity index is 2.20. The van der Waals surface area contributed by atoms with Gasteiger partial charge < -0.3 is 10.1 Å². The molecule has 0 fully saturated rings. The van der Waals surface area contributed by atoms with Gasteiger partial charge in [-0.15, -0.1) is 11.3 Å². The van der Waals surface area contributed by atoms with Crippen LogP contribution in [0.4, 0.5) is 0 Å². The number of ether oxygens (including phenoxy) is 1. The van der Waals surface area contributed by atoms with Crippen LogP contribution < -0.4 is 10.1 Å². The number of unbranched alkanes of at least 4 members (excludes halogenated alkanes) is 1. The number of rotatable bonds is 6. The van der Waals surface area contributed by atoms with Gasteiger partial charge in [-0.3, -0.25) is 0 Å². The van der Waals surface area contributed by atoms with Crippen LogP contribution in [0.1, 0.15) is 24.6 Å². The van der Waals surface area contributed by atoms with Gasteiger partial charge in [0.05, 0.1) is 7.11 Å². The minimum absolute atomic E-state index is 0.966. The summed E-state index contributed by atoms with van der Waals surface area (Å²) in [5, 5.41) is 4.39. The Morgan fingerprint density at radius 2 is 2.31 bits per heavy atom. The highest BCUT2D eigenvalue weighted by atomic mass is 32.1. The van der Waals surface area contributed by atoms with Crippen molar-refractivity contribution in [3.8, 4) is 5.06 Å². The third kappa shape index (κ3) is 3.79. The van der Waals surface area contributed by atoms with Gasteiger partial charge in [0.15, 0.2) is 5.06 Å². The molecule has 2 nitrogen and oxygen atoms in total. The monoisotopic (exact) mass is 199 g/mol. The molecule has 1 aromatic rings. The number of methoxy groups -OCH3 is 1. The molecule has 0 aliphatic heterocycles. The number of thiophene rings is 1. The highest BCUT2D eigenvalue weighted by molar-refractivity contribution is 7.13. The lowest BCUT2D eigenvalue weighted by Crippen LogP contribution is -2.13. The summed E-state index contributed by atoms with van der Waals surface area (Å²) in [6.45, 7) is 4.28. The quantitative estimate of drug-likeness (QED) is 0.711. The largest absolute Gasteiger partial charge is 0.487 e. The van der Waals surface area contributed by atoms with Gasteiger partial charge in [0.25, 0.3) is 0 Å². The zero-order chi connectivity index (χ0) is 9.52. The molecule has 0 amide bonds. The molecule has 74 valence electrons. The minimum Gasteiger partial charge on any atom is -0.487 e. The SMILES string of the molecule is CCCCNCc1ccc(OC)s1. The van der Waals surface area contributed by atoms with Gasteiger partial charge in [-0.1, -0.05) is 13.3 Å². The second kappa shape index (κ2) is 6.00. The zero-order valence-corrected chi connectivity index (χ0v) is 9.12. The van der Waals surface area contributed by atoms with Crippen LogP contribution >= 0.6 is 11.3 Å². The van der Waals surface area contributed by atoms with E-state index < -0.39 is 0 Å². The standard InChI is InChI=1S/C10H17NOS/c1-3-4-7-11-8-9-5-6-10(12-2)13-9/h5-6,11H,3-4,7-8H2,1-2H3. The average molecular weight is 199 g/mol. The average Bonchev–Trinajstić information content (AvgIpc) is 2.60. The lowest BCUT2D eigenvalue weighted by molar-refractivity contribution is 0.427. The van der Waals surface area contributed by atoms with Crippen LogP contribution in [0.5, 0.6) is 5.06 Å². The third-order valence-corrected chi connectivity index (χ3v) is 2.89. The predicted octanol–water partition coefficient (Wildman–Crippen LogP) is 2.65. The number of hydrogen-bond donors (Lipinski definition) is 1. The number of nitrogens with one attached hydrogen (secondary N) is 1. The molecule has 0 atom stereocenters. The second-order valence-corrected chi connectivity index (χ2v) is 4.09. The molecule has 0 aliphatic rings. The van der Waals surface area contributed by atoms with Crippen LogP contribution in [0, 0.1) is 0 Å². The summed E-state index contributed by atoms with van der Waals surface area (Å²) in [6, 6.07) is 4.13. The van der Waals surface area contributed by atoms with Crippen LogP contribution in [0.2, 0.25) is 0 Å². The molecule has 0 radical (unpaired) electrons. The maximum Gasteiger partial charge on any atom is 0.173 e. The summed E-state index contributed by atoms with van der Waals surface area (Å²) in [6.07, 6.45) is 2.50. The second-order valence-electron chi connectivity index (χ2n) is 2.96. The molecular weight excluding hydrogens is 182 g/mol. The van der Waals surface area contributed by atoms with E-state index in [-0.39, 0.29) is 0 Å². The summed E-state index contributed by atoms with van der Waals surface area (Å²) >= 11 is 1.71. The van der Waals surface area contributed by atoms with Gasteiger partial charge >= 0.3 is 0 Å². The fourth-order valence-electron chi connectivity index (χ4n) is 1.08. The van der Waals surface area contributed by atoms with E-state index in [1.165, 1.54) is 17.7 Å². The van der Waals surface area contributed by atoms with Crippen LogP contribution in [0.3, 0.4) is 0 Å². The fraction of sp³-hybridized carbons (Fsp3) is 0.600. The Kier molecular flexibility index (Phi) is 4.86. The Bertz CT molecular complexity index is 235. The fourth-order valence-corrected chi connectivity index (χ4v) is 1.86. The highest BCUT2D eigenvalue weighted by Crippen LogP contribution is 2.23. The normalized spacial score (nSPS) is 10.3. The first-order chi connectivity index (χ1) is 6.36. The third-order valence-electron chi connectivity index (χ3n) is 1.84. The molecule has 13 heavy (non-hydrogen) atoms. The van der Waals surface area contributed by atoms with Crippen molar-refractivity contribution in [3.63, 3.8) is 0 Å². The van der Waals surface area contributed by atoms with Gasteiger partial charge in [0.1, 0.15) is 0 Å². The lowest BCUT2D eigenvalue weighted by Gasteiger charge is -2.00. The van der Waals surface area contributed by atoms with Crippen LogP contribution in [-0.4, -0.2) is 13.7 Å². The molecule has 0 unspecified atom stereocenters. The molecule has 3 heteroatoms. The Morgan fingerprint density at radius 1 is 1.46 bits per heavy atom. The van der Waals surface area contributed by atoms with E-state index >= 15 is 0 Å². The van der Waals surface area contributed by atoms with E-state index in [0.717, 1.165) is 18.2 Å². The van der Waals surface area contributed by atoms with Crippen molar-refractivity contribution in [2.75, 3.05) is 13.7 Å². The summed E-state index contributed by atoms with van der Waals surface area (Å²) in [5.41, 5.74) is 0. The lowest BCUT2D eigenvalue weighted by atomic mass is 10.3. The van der Waals surface area contributed by atoms with E-state index in [1.807, 2.05) is 6.07 Å². The van der Waals surface area contributed by atoms with Crippen LogP contribution in [0.15, 0.2) is 12.1 Å². The van der Waals surface area contributed by atoms with Crippen molar-refractivity contribution < 1.29 is 4.74 Å². The molecule has 0 bridgehead atoms. The first-order valence-corrected chi connectivity index (χ1v) is 5.52. The first-order valence-electron chi connectivity index (χ1n) is 4.70. The van der Waals surface area contributed by atoms with E-state index in [9.17, 15) is 0 Å². The van der Waals surface area contributed by atoms with Gasteiger partial charge in [0, 0.05) is 11.4 Å². The zero-order valence-electron chi connectivity index (χ0n) is 8.30. The van der Waals surface area contributed by atoms with E-state index in [1.54, 1.807) is 18.4 Å². The summed E-state index contributed by atoms with van der Waals surface area (Å²) in [4.78, 5) is 1.34. The molecule has 1 aromatic heterocycles. The molecule has 0 aliphatic carbocycles. The van der Waals surface area contributed by atoms with Crippen molar-refractivity contribution >= 4 is 11.3 Å². The van der Waals surface area contributed by atoms with Crippen LogP contribution in [0.25, 0.3) is 0 Å². The van der Waals surface area contributed by atoms with Gasteiger partial charge in [-0.25, -0.2) is 0 Å². The van der Waals surface area contributed by atoms with Crippen molar-refractivity contribution in [2.24, 2.45) is 0 Å². The molecule has 0 spiro atoms. The Labute approximate surface area is 83.9 Å². The van der Waals surface area contributed by atoms with E-state index in [0.29, 0.717) is 0 Å². The van der Waals surface area contributed by atoms with E-state index in [4.69, 9.17) is 4.74 Å². The molecule has 1 heterocycles. The molecule has 1 N–H and O–H groups in total. The molecule has 0 saturated heterocycles. The number of hydrogen-bond acceptors (Lipinski definition) is 3. The smallest absolute Gasteiger partial charge is 0.173 e. The summed E-state index contributed by atoms with van der Waals surface area (Å²) in [5.74, 6) is 0. The van der Waals surface area contributed by atoms with Crippen molar-refractivity contribution in [1.82, 2.24) is 5.32 Å². The minimum atomic E-state index is 0.966. The Morgan fingerprint density at radius 3 is 2.92 bits per heavy atom. The maximum absolute atomic E-state index is 5.11. The van der Waals surface area contributed by atoms with Gasteiger partial charge in [0.2, 0.25) is 0 Å². The van der Waals surface area contributed by atoms with Crippen LogP contribution in [-0.2, 0) is 6.54 Å². The Hall–Kier alpha value is -0.540. The van der Waals surface area contributed by atoms with Crippen molar-refractivity contribution in [1.29, 1.82) is 0 Å².